The first-order valence-electron chi connectivity index (χ1n) is 7.56. The van der Waals surface area contributed by atoms with Gasteiger partial charge in [0, 0.05) is 5.25 Å². The van der Waals surface area contributed by atoms with Gasteiger partial charge in [-0.25, -0.2) is 0 Å². The molecule has 0 aliphatic carbocycles. The van der Waals surface area contributed by atoms with E-state index in [2.05, 4.69) is 50.7 Å². The van der Waals surface area contributed by atoms with Crippen molar-refractivity contribution in [2.24, 2.45) is 5.92 Å². The minimum Gasteiger partial charge on any atom is -0.493 e. The van der Waals surface area contributed by atoms with Gasteiger partial charge < -0.3 is 9.47 Å². The Bertz CT molecular complexity index is 580. The lowest BCUT2D eigenvalue weighted by molar-refractivity contribution is 0.257. The highest BCUT2D eigenvalue weighted by molar-refractivity contribution is 7.80. The summed E-state index contributed by atoms with van der Waals surface area (Å²) in [7, 11) is 0. The Morgan fingerprint density at radius 1 is 0.905 bits per heavy atom. The van der Waals surface area contributed by atoms with Crippen LogP contribution in [0, 0.1) is 5.92 Å². The van der Waals surface area contributed by atoms with Gasteiger partial charge in [-0.1, -0.05) is 39.3 Å². The number of benzene rings is 2. The second kappa shape index (κ2) is 7.60. The second-order valence-electron chi connectivity index (χ2n) is 5.66. The standard InChI is InChI=1S/C18H24O2S/c1-4-13(2)11-19-17-7-5-16-10-18(20-12-14(3)21)8-6-15(16)9-17/h5-10,13-14,21H,4,11-12H2,1-3H3. The third kappa shape index (κ3) is 4.85. The summed E-state index contributed by atoms with van der Waals surface area (Å²) in [4.78, 5) is 0. The fourth-order valence-electron chi connectivity index (χ4n) is 1.95. The zero-order valence-corrected chi connectivity index (χ0v) is 13.9. The topological polar surface area (TPSA) is 18.5 Å². The number of thiol groups is 1. The predicted octanol–water partition coefficient (Wildman–Crippen LogP) is 4.96. The van der Waals surface area contributed by atoms with Crippen LogP contribution in [0.5, 0.6) is 11.5 Å². The first-order chi connectivity index (χ1) is 10.1. The first-order valence-corrected chi connectivity index (χ1v) is 8.07. The van der Waals surface area contributed by atoms with E-state index in [0.29, 0.717) is 12.5 Å². The second-order valence-corrected chi connectivity index (χ2v) is 6.54. The molecule has 0 saturated heterocycles. The Morgan fingerprint density at radius 3 is 1.90 bits per heavy atom. The highest BCUT2D eigenvalue weighted by Crippen LogP contribution is 2.25. The summed E-state index contributed by atoms with van der Waals surface area (Å²) in [5.41, 5.74) is 0. The molecule has 2 nitrogen and oxygen atoms in total. The van der Waals surface area contributed by atoms with Crippen molar-refractivity contribution in [2.45, 2.75) is 32.4 Å². The van der Waals surface area contributed by atoms with Crippen LogP contribution in [0.25, 0.3) is 10.8 Å². The van der Waals surface area contributed by atoms with Crippen molar-refractivity contribution in [2.75, 3.05) is 13.2 Å². The van der Waals surface area contributed by atoms with Crippen LogP contribution in [0.15, 0.2) is 36.4 Å². The fraction of sp³-hybridized carbons (Fsp3) is 0.444. The quantitative estimate of drug-likeness (QED) is 0.729. The molecule has 0 bridgehead atoms. The molecule has 0 amide bonds. The van der Waals surface area contributed by atoms with Gasteiger partial charge in [-0.05, 0) is 41.0 Å². The molecule has 2 atom stereocenters. The van der Waals surface area contributed by atoms with E-state index in [0.717, 1.165) is 29.9 Å². The van der Waals surface area contributed by atoms with Gasteiger partial charge >= 0.3 is 0 Å². The van der Waals surface area contributed by atoms with Crippen LogP contribution in [0.3, 0.4) is 0 Å². The van der Waals surface area contributed by atoms with Crippen molar-refractivity contribution in [1.29, 1.82) is 0 Å². The average Bonchev–Trinajstić information content (AvgIpc) is 2.50. The SMILES string of the molecule is CCC(C)COc1ccc2cc(OCC(C)S)ccc2c1. The number of hydrogen-bond donors (Lipinski definition) is 1. The van der Waals surface area contributed by atoms with Crippen LogP contribution in [-0.4, -0.2) is 18.5 Å². The van der Waals surface area contributed by atoms with E-state index in [-0.39, 0.29) is 5.25 Å². The van der Waals surface area contributed by atoms with Crippen LogP contribution in [0.4, 0.5) is 0 Å². The zero-order valence-electron chi connectivity index (χ0n) is 13.0. The predicted molar refractivity (Wildman–Crippen MR) is 92.8 cm³/mol. The van der Waals surface area contributed by atoms with Gasteiger partial charge in [0.15, 0.2) is 0 Å². The maximum Gasteiger partial charge on any atom is 0.119 e. The van der Waals surface area contributed by atoms with Crippen molar-refractivity contribution >= 4 is 23.4 Å². The maximum absolute atomic E-state index is 5.83. The normalized spacial score (nSPS) is 13.9. The van der Waals surface area contributed by atoms with Crippen LogP contribution in [0.1, 0.15) is 27.2 Å². The number of ether oxygens (including phenoxy) is 2. The number of fused-ring (bicyclic) bond motifs is 1. The molecule has 0 saturated carbocycles. The molecular weight excluding hydrogens is 280 g/mol. The molecule has 0 radical (unpaired) electrons. The zero-order chi connectivity index (χ0) is 15.2. The van der Waals surface area contributed by atoms with Crippen LogP contribution >= 0.6 is 12.6 Å². The molecule has 21 heavy (non-hydrogen) atoms. The monoisotopic (exact) mass is 304 g/mol. The lowest BCUT2D eigenvalue weighted by Crippen LogP contribution is -2.07. The van der Waals surface area contributed by atoms with Crippen molar-refractivity contribution in [1.82, 2.24) is 0 Å². The average molecular weight is 304 g/mol. The maximum atomic E-state index is 5.83. The molecule has 0 fully saturated rings. The Kier molecular flexibility index (Phi) is 5.80. The summed E-state index contributed by atoms with van der Waals surface area (Å²) >= 11 is 4.32. The lowest BCUT2D eigenvalue weighted by Gasteiger charge is -2.12. The summed E-state index contributed by atoms with van der Waals surface area (Å²) in [6, 6.07) is 12.3. The van der Waals surface area contributed by atoms with Crippen molar-refractivity contribution in [3.63, 3.8) is 0 Å². The molecule has 2 aromatic rings. The summed E-state index contributed by atoms with van der Waals surface area (Å²) in [5.74, 6) is 2.40. The van der Waals surface area contributed by atoms with E-state index in [9.17, 15) is 0 Å². The Morgan fingerprint density at radius 2 is 1.43 bits per heavy atom. The Hall–Kier alpha value is -1.35. The minimum absolute atomic E-state index is 0.233. The summed E-state index contributed by atoms with van der Waals surface area (Å²) in [5, 5.41) is 2.56. The van der Waals surface area contributed by atoms with Crippen LogP contribution < -0.4 is 9.47 Å². The molecule has 0 aliphatic heterocycles. The number of rotatable bonds is 7. The summed E-state index contributed by atoms with van der Waals surface area (Å²) in [6.07, 6.45) is 1.14. The highest BCUT2D eigenvalue weighted by atomic mass is 32.1. The molecule has 2 unspecified atom stereocenters. The van der Waals surface area contributed by atoms with Crippen molar-refractivity contribution in [3.8, 4) is 11.5 Å². The first kappa shape index (κ1) is 16.0. The molecule has 0 spiro atoms. The van der Waals surface area contributed by atoms with E-state index >= 15 is 0 Å². The summed E-state index contributed by atoms with van der Waals surface area (Å²) in [6.45, 7) is 7.79. The fourth-order valence-corrected chi connectivity index (χ4v) is 2.03. The smallest absolute Gasteiger partial charge is 0.119 e. The molecular formula is C18H24O2S. The molecule has 114 valence electrons. The Balaban J connectivity index is 2.08. The minimum atomic E-state index is 0.233. The largest absolute Gasteiger partial charge is 0.493 e. The molecule has 0 aromatic heterocycles. The number of hydrogen-bond acceptors (Lipinski definition) is 3. The van der Waals surface area contributed by atoms with Gasteiger partial charge in [0.1, 0.15) is 11.5 Å². The summed E-state index contributed by atoms with van der Waals surface area (Å²) < 4.78 is 11.5. The van der Waals surface area contributed by atoms with Crippen molar-refractivity contribution in [3.05, 3.63) is 36.4 Å². The van der Waals surface area contributed by atoms with Gasteiger partial charge in [-0.3, -0.25) is 0 Å². The van der Waals surface area contributed by atoms with Gasteiger partial charge in [0.05, 0.1) is 13.2 Å². The Labute approximate surface area is 132 Å². The van der Waals surface area contributed by atoms with E-state index < -0.39 is 0 Å². The van der Waals surface area contributed by atoms with Gasteiger partial charge in [0.2, 0.25) is 0 Å². The molecule has 0 aliphatic rings. The van der Waals surface area contributed by atoms with Gasteiger partial charge in [-0.15, -0.1) is 0 Å². The van der Waals surface area contributed by atoms with E-state index in [1.54, 1.807) is 0 Å². The molecule has 2 aromatic carbocycles. The van der Waals surface area contributed by atoms with Crippen molar-refractivity contribution < 1.29 is 9.47 Å². The van der Waals surface area contributed by atoms with Crippen LogP contribution in [0.2, 0.25) is 0 Å². The van der Waals surface area contributed by atoms with E-state index in [4.69, 9.17) is 9.47 Å². The van der Waals surface area contributed by atoms with E-state index in [1.165, 1.54) is 5.39 Å². The molecule has 0 N–H and O–H groups in total. The third-order valence-corrected chi connectivity index (χ3v) is 3.65. The van der Waals surface area contributed by atoms with Crippen LogP contribution in [-0.2, 0) is 0 Å². The van der Waals surface area contributed by atoms with Gasteiger partial charge in [-0.2, -0.15) is 12.6 Å². The third-order valence-electron chi connectivity index (χ3n) is 3.51. The van der Waals surface area contributed by atoms with Gasteiger partial charge in [0.25, 0.3) is 0 Å². The molecule has 2 rings (SSSR count). The van der Waals surface area contributed by atoms with E-state index in [1.807, 2.05) is 19.1 Å². The highest BCUT2D eigenvalue weighted by Gasteiger charge is 2.03. The lowest BCUT2D eigenvalue weighted by atomic mass is 10.1. The molecule has 0 heterocycles. The molecule has 3 heteroatoms.